The minimum Gasteiger partial charge on any atom is -0.356 e. The van der Waals surface area contributed by atoms with Crippen LogP contribution in [0.25, 0.3) is 11.3 Å². The van der Waals surface area contributed by atoms with Gasteiger partial charge in [0.05, 0.1) is 5.69 Å². The Morgan fingerprint density at radius 1 is 1.36 bits per heavy atom. The number of alkyl halides is 3. The van der Waals surface area contributed by atoms with E-state index in [0.29, 0.717) is 36.3 Å². The number of H-pyrrole nitrogens is 1. The smallest absolute Gasteiger partial charge is 0.356 e. The van der Waals surface area contributed by atoms with Crippen LogP contribution in [-0.2, 0) is 12.6 Å². The lowest BCUT2D eigenvalue weighted by atomic mass is 9.98. The monoisotopic (exact) mass is 394 g/mol. The maximum absolute atomic E-state index is 13.6. The Labute approximate surface area is 159 Å². The highest BCUT2D eigenvalue weighted by atomic mass is 19.4. The Hall–Kier alpha value is -2.62. The Morgan fingerprint density at radius 3 is 2.89 bits per heavy atom. The Bertz CT molecular complexity index is 888. The lowest BCUT2D eigenvalue weighted by Gasteiger charge is -2.25. The van der Waals surface area contributed by atoms with Crippen LogP contribution >= 0.6 is 0 Å². The van der Waals surface area contributed by atoms with Gasteiger partial charge in [-0.25, -0.2) is 9.97 Å². The van der Waals surface area contributed by atoms with Crippen molar-refractivity contribution in [1.29, 1.82) is 0 Å². The summed E-state index contributed by atoms with van der Waals surface area (Å²) in [5.41, 5.74) is 0.0756. The number of hydrogen-bond donors (Lipinski definition) is 3. The van der Waals surface area contributed by atoms with Crippen LogP contribution in [0.3, 0.4) is 0 Å². The molecule has 3 N–H and O–H groups in total. The standard InChI is InChI=1S/C18H21F3N6O/c1-27-6-4-11-12(8-23-15(11)16(27)28)14-13(18(19,20)21)9-24-17(26-14)25-10-3-2-5-22-7-10/h8-10,22-23H,2-7H2,1H3,(H,24,25,26). The van der Waals surface area contributed by atoms with Gasteiger partial charge in [0.15, 0.2) is 0 Å². The Balaban J connectivity index is 1.75. The molecule has 1 unspecified atom stereocenters. The molecule has 1 amide bonds. The van der Waals surface area contributed by atoms with Crippen molar-refractivity contribution in [3.05, 3.63) is 29.2 Å². The summed E-state index contributed by atoms with van der Waals surface area (Å²) < 4.78 is 40.8. The quantitative estimate of drug-likeness (QED) is 0.744. The normalized spacial score (nSPS) is 20.2. The van der Waals surface area contributed by atoms with E-state index in [1.807, 2.05) is 0 Å². The van der Waals surface area contributed by atoms with Gasteiger partial charge in [0.25, 0.3) is 5.91 Å². The van der Waals surface area contributed by atoms with Crippen LogP contribution in [0.2, 0.25) is 0 Å². The van der Waals surface area contributed by atoms with Crippen molar-refractivity contribution in [2.45, 2.75) is 31.5 Å². The van der Waals surface area contributed by atoms with Crippen LogP contribution in [0.4, 0.5) is 19.1 Å². The number of nitrogens with zero attached hydrogens (tertiary/aromatic N) is 3. The molecule has 2 aromatic heterocycles. The van der Waals surface area contributed by atoms with Gasteiger partial charge in [0.1, 0.15) is 11.3 Å². The summed E-state index contributed by atoms with van der Waals surface area (Å²) in [5, 5.41) is 6.36. The number of anilines is 1. The zero-order valence-electron chi connectivity index (χ0n) is 15.4. The molecule has 1 fully saturated rings. The molecule has 4 rings (SSSR count). The van der Waals surface area contributed by atoms with E-state index in [-0.39, 0.29) is 23.6 Å². The maximum Gasteiger partial charge on any atom is 0.419 e. The van der Waals surface area contributed by atoms with Gasteiger partial charge in [-0.15, -0.1) is 0 Å². The number of fused-ring (bicyclic) bond motifs is 1. The zero-order chi connectivity index (χ0) is 19.9. The Morgan fingerprint density at radius 2 is 2.18 bits per heavy atom. The number of aromatic nitrogens is 3. The molecule has 0 saturated carbocycles. The highest BCUT2D eigenvalue weighted by Crippen LogP contribution is 2.39. The summed E-state index contributed by atoms with van der Waals surface area (Å²) in [5.74, 6) is -0.0763. The molecule has 150 valence electrons. The van der Waals surface area contributed by atoms with Gasteiger partial charge in [-0.1, -0.05) is 0 Å². The molecule has 0 radical (unpaired) electrons. The van der Waals surface area contributed by atoms with Crippen molar-refractivity contribution in [2.24, 2.45) is 0 Å². The fraction of sp³-hybridized carbons (Fsp3) is 0.500. The molecule has 2 aliphatic heterocycles. The molecule has 0 spiro atoms. The molecule has 0 bridgehead atoms. The van der Waals surface area contributed by atoms with Crippen LogP contribution < -0.4 is 10.6 Å². The molecule has 7 nitrogen and oxygen atoms in total. The van der Waals surface area contributed by atoms with Crippen molar-refractivity contribution >= 4 is 11.9 Å². The summed E-state index contributed by atoms with van der Waals surface area (Å²) >= 11 is 0. The van der Waals surface area contributed by atoms with Crippen LogP contribution in [0.15, 0.2) is 12.4 Å². The van der Waals surface area contributed by atoms with Crippen molar-refractivity contribution in [2.75, 3.05) is 32.0 Å². The van der Waals surface area contributed by atoms with E-state index in [1.54, 1.807) is 7.05 Å². The van der Waals surface area contributed by atoms with Crippen molar-refractivity contribution < 1.29 is 18.0 Å². The second kappa shape index (κ2) is 7.08. The van der Waals surface area contributed by atoms with Gasteiger partial charge >= 0.3 is 6.18 Å². The molecule has 1 saturated heterocycles. The molecule has 2 aromatic rings. The number of hydrogen-bond acceptors (Lipinski definition) is 5. The van der Waals surface area contributed by atoms with E-state index >= 15 is 0 Å². The highest BCUT2D eigenvalue weighted by molar-refractivity contribution is 5.97. The highest BCUT2D eigenvalue weighted by Gasteiger charge is 2.37. The number of amides is 1. The summed E-state index contributed by atoms with van der Waals surface area (Å²) in [4.78, 5) is 24.8. The minimum atomic E-state index is -4.60. The molecular formula is C18H21F3N6O. The third-order valence-corrected chi connectivity index (χ3v) is 5.22. The number of nitrogens with one attached hydrogen (secondary N) is 3. The average molecular weight is 394 g/mol. The first-order valence-electron chi connectivity index (χ1n) is 9.22. The number of likely N-dealkylation sites (N-methyl/N-ethyl adjacent to an activating group) is 1. The van der Waals surface area contributed by atoms with Gasteiger partial charge in [-0.2, -0.15) is 13.2 Å². The molecule has 4 heterocycles. The fourth-order valence-corrected chi connectivity index (χ4v) is 3.71. The third kappa shape index (κ3) is 3.44. The third-order valence-electron chi connectivity index (χ3n) is 5.22. The number of aromatic amines is 1. The van der Waals surface area contributed by atoms with Crippen LogP contribution in [0.5, 0.6) is 0 Å². The lowest BCUT2D eigenvalue weighted by Crippen LogP contribution is -2.38. The summed E-state index contributed by atoms with van der Waals surface area (Å²) in [6, 6.07) is 0.0636. The SMILES string of the molecule is CN1CCc2c(-c3nc(NC4CCCNC4)ncc3C(F)(F)F)c[nH]c2C1=O. The van der Waals surface area contributed by atoms with Crippen molar-refractivity contribution in [3.8, 4) is 11.3 Å². The molecular weight excluding hydrogens is 373 g/mol. The number of rotatable bonds is 3. The summed E-state index contributed by atoms with van der Waals surface area (Å²) in [6.07, 6.45) is -0.00552. The van der Waals surface area contributed by atoms with E-state index in [4.69, 9.17) is 0 Å². The first-order valence-corrected chi connectivity index (χ1v) is 9.22. The van der Waals surface area contributed by atoms with E-state index < -0.39 is 11.7 Å². The predicted octanol–water partition coefficient (Wildman–Crippen LogP) is 2.28. The molecule has 28 heavy (non-hydrogen) atoms. The number of piperidine rings is 1. The number of carbonyl (C=O) groups is 1. The average Bonchev–Trinajstić information content (AvgIpc) is 3.09. The van der Waals surface area contributed by atoms with Gasteiger partial charge in [-0.05, 0) is 31.4 Å². The molecule has 0 aromatic carbocycles. The minimum absolute atomic E-state index is 0.0636. The summed E-state index contributed by atoms with van der Waals surface area (Å²) in [6.45, 7) is 2.08. The van der Waals surface area contributed by atoms with Crippen LogP contribution in [0, 0.1) is 0 Å². The second-order valence-corrected chi connectivity index (χ2v) is 7.17. The molecule has 0 aliphatic carbocycles. The van der Waals surface area contributed by atoms with E-state index in [9.17, 15) is 18.0 Å². The fourth-order valence-electron chi connectivity index (χ4n) is 3.71. The van der Waals surface area contributed by atoms with E-state index in [1.165, 1.54) is 11.1 Å². The van der Waals surface area contributed by atoms with Crippen LogP contribution in [0.1, 0.15) is 34.5 Å². The summed E-state index contributed by atoms with van der Waals surface area (Å²) in [7, 11) is 1.66. The number of carbonyl (C=O) groups excluding carboxylic acids is 1. The topological polar surface area (TPSA) is 85.9 Å². The van der Waals surface area contributed by atoms with Crippen LogP contribution in [-0.4, -0.2) is 58.5 Å². The lowest BCUT2D eigenvalue weighted by molar-refractivity contribution is -0.137. The molecule has 10 heteroatoms. The van der Waals surface area contributed by atoms with E-state index in [0.717, 1.165) is 25.6 Å². The number of halogens is 3. The molecule has 2 aliphatic rings. The maximum atomic E-state index is 13.6. The first-order chi connectivity index (χ1) is 13.3. The molecule has 1 atom stereocenters. The van der Waals surface area contributed by atoms with Gasteiger partial charge in [0.2, 0.25) is 5.95 Å². The zero-order valence-corrected chi connectivity index (χ0v) is 15.4. The van der Waals surface area contributed by atoms with Gasteiger partial charge in [-0.3, -0.25) is 4.79 Å². The van der Waals surface area contributed by atoms with Crippen molar-refractivity contribution in [1.82, 2.24) is 25.2 Å². The van der Waals surface area contributed by atoms with Crippen molar-refractivity contribution in [3.63, 3.8) is 0 Å². The van der Waals surface area contributed by atoms with Gasteiger partial charge in [0, 0.05) is 44.1 Å². The second-order valence-electron chi connectivity index (χ2n) is 7.17. The van der Waals surface area contributed by atoms with Gasteiger partial charge < -0.3 is 20.5 Å². The predicted molar refractivity (Wildman–Crippen MR) is 97.0 cm³/mol. The largest absolute Gasteiger partial charge is 0.419 e. The van der Waals surface area contributed by atoms with E-state index in [2.05, 4.69) is 25.6 Å². The first kappa shape index (κ1) is 18.7. The Kier molecular flexibility index (Phi) is 4.74.